The quantitative estimate of drug-likeness (QED) is 0.850. The molecule has 0 amide bonds. The lowest BCUT2D eigenvalue weighted by atomic mass is 10.1. The van der Waals surface area contributed by atoms with Gasteiger partial charge in [-0.15, -0.1) is 0 Å². The van der Waals surface area contributed by atoms with E-state index in [1.54, 1.807) is 18.4 Å². The van der Waals surface area contributed by atoms with Gasteiger partial charge in [-0.25, -0.2) is 0 Å². The molecule has 0 fully saturated rings. The summed E-state index contributed by atoms with van der Waals surface area (Å²) < 4.78 is 5.14. The van der Waals surface area contributed by atoms with Crippen LogP contribution in [0.1, 0.15) is 23.0 Å². The molecule has 0 aliphatic heterocycles. The molecule has 3 nitrogen and oxygen atoms in total. The second kappa shape index (κ2) is 5.06. The number of rotatable bonds is 4. The van der Waals surface area contributed by atoms with Crippen LogP contribution in [0.4, 0.5) is 5.69 Å². The number of nitrogens with one attached hydrogen (secondary N) is 1. The Labute approximate surface area is 101 Å². The molecular formula is C14H17NO2. The minimum Gasteiger partial charge on any atom is -0.467 e. The van der Waals surface area contributed by atoms with Gasteiger partial charge in [0, 0.05) is 12.2 Å². The van der Waals surface area contributed by atoms with Crippen LogP contribution >= 0.6 is 0 Å². The first-order valence-electron chi connectivity index (χ1n) is 5.69. The van der Waals surface area contributed by atoms with Crippen molar-refractivity contribution in [3.05, 3.63) is 53.5 Å². The number of aliphatic hydroxyl groups excluding tert-OH is 1. The average molecular weight is 231 g/mol. The molecule has 1 unspecified atom stereocenters. The Hall–Kier alpha value is -1.74. The molecule has 17 heavy (non-hydrogen) atoms. The highest BCUT2D eigenvalue weighted by molar-refractivity contribution is 5.52. The molecule has 1 heterocycles. The second-order valence-electron chi connectivity index (χ2n) is 4.23. The van der Waals surface area contributed by atoms with Crippen LogP contribution in [0.3, 0.4) is 0 Å². The van der Waals surface area contributed by atoms with E-state index in [9.17, 15) is 5.11 Å². The molecule has 1 aromatic carbocycles. The summed E-state index contributed by atoms with van der Waals surface area (Å²) in [6.45, 7) is 4.56. The zero-order valence-corrected chi connectivity index (χ0v) is 10.1. The van der Waals surface area contributed by atoms with Gasteiger partial charge in [-0.3, -0.25) is 0 Å². The Bertz CT molecular complexity index is 477. The number of benzene rings is 1. The van der Waals surface area contributed by atoms with Crippen LogP contribution in [-0.4, -0.2) is 11.7 Å². The zero-order chi connectivity index (χ0) is 12.3. The monoisotopic (exact) mass is 231 g/mol. The molecule has 0 radical (unpaired) electrons. The standard InChI is InChI=1S/C14H17NO2/c1-10-5-6-12(11(2)8-10)15-9-13(16)14-4-3-7-17-14/h3-8,13,15-16H,9H2,1-2H3. The van der Waals surface area contributed by atoms with Gasteiger partial charge in [-0.1, -0.05) is 17.7 Å². The predicted octanol–water partition coefficient (Wildman–Crippen LogP) is 3.04. The van der Waals surface area contributed by atoms with E-state index in [0.717, 1.165) is 5.69 Å². The van der Waals surface area contributed by atoms with Gasteiger partial charge in [0.1, 0.15) is 11.9 Å². The summed E-state index contributed by atoms with van der Waals surface area (Å²) >= 11 is 0. The molecule has 3 heteroatoms. The zero-order valence-electron chi connectivity index (χ0n) is 10.1. The fourth-order valence-electron chi connectivity index (χ4n) is 1.80. The van der Waals surface area contributed by atoms with E-state index in [2.05, 4.69) is 31.3 Å². The lowest BCUT2D eigenvalue weighted by Gasteiger charge is -2.13. The normalized spacial score (nSPS) is 12.4. The number of hydrogen-bond acceptors (Lipinski definition) is 3. The van der Waals surface area contributed by atoms with Crippen LogP contribution in [0.5, 0.6) is 0 Å². The summed E-state index contributed by atoms with van der Waals surface area (Å²) in [6, 6.07) is 9.74. The maximum Gasteiger partial charge on any atom is 0.134 e. The van der Waals surface area contributed by atoms with Gasteiger partial charge in [0.25, 0.3) is 0 Å². The smallest absolute Gasteiger partial charge is 0.134 e. The van der Waals surface area contributed by atoms with E-state index in [1.165, 1.54) is 11.1 Å². The summed E-state index contributed by atoms with van der Waals surface area (Å²) in [5.74, 6) is 0.585. The molecule has 2 N–H and O–H groups in total. The minimum atomic E-state index is -0.620. The highest BCUT2D eigenvalue weighted by Crippen LogP contribution is 2.18. The number of hydrogen-bond donors (Lipinski definition) is 2. The molecule has 0 saturated carbocycles. The topological polar surface area (TPSA) is 45.4 Å². The van der Waals surface area contributed by atoms with Crippen molar-refractivity contribution in [3.63, 3.8) is 0 Å². The lowest BCUT2D eigenvalue weighted by Crippen LogP contribution is -2.12. The van der Waals surface area contributed by atoms with Gasteiger partial charge in [-0.2, -0.15) is 0 Å². The summed E-state index contributed by atoms with van der Waals surface area (Å²) in [4.78, 5) is 0. The third kappa shape index (κ3) is 2.88. The molecule has 2 rings (SSSR count). The molecular weight excluding hydrogens is 214 g/mol. The first-order valence-corrected chi connectivity index (χ1v) is 5.69. The first kappa shape index (κ1) is 11.7. The lowest BCUT2D eigenvalue weighted by molar-refractivity contribution is 0.162. The average Bonchev–Trinajstić information content (AvgIpc) is 2.81. The largest absolute Gasteiger partial charge is 0.467 e. The maximum absolute atomic E-state index is 9.86. The molecule has 1 aromatic heterocycles. The van der Waals surface area contributed by atoms with Crippen LogP contribution < -0.4 is 5.32 Å². The van der Waals surface area contributed by atoms with Crippen molar-refractivity contribution in [1.29, 1.82) is 0 Å². The highest BCUT2D eigenvalue weighted by atomic mass is 16.4. The van der Waals surface area contributed by atoms with E-state index in [4.69, 9.17) is 4.42 Å². The van der Waals surface area contributed by atoms with Crippen molar-refractivity contribution in [1.82, 2.24) is 0 Å². The van der Waals surface area contributed by atoms with Gasteiger partial charge in [-0.05, 0) is 37.6 Å². The third-order valence-corrected chi connectivity index (χ3v) is 2.74. The molecule has 90 valence electrons. The Morgan fingerprint density at radius 1 is 1.29 bits per heavy atom. The number of furan rings is 1. The van der Waals surface area contributed by atoms with Crippen LogP contribution in [0, 0.1) is 13.8 Å². The maximum atomic E-state index is 9.86. The Morgan fingerprint density at radius 3 is 2.76 bits per heavy atom. The Morgan fingerprint density at radius 2 is 2.12 bits per heavy atom. The van der Waals surface area contributed by atoms with Crippen molar-refractivity contribution in [2.24, 2.45) is 0 Å². The van der Waals surface area contributed by atoms with Gasteiger partial charge in [0.2, 0.25) is 0 Å². The molecule has 0 bridgehead atoms. The van der Waals surface area contributed by atoms with Crippen LogP contribution in [0.25, 0.3) is 0 Å². The molecule has 0 aliphatic rings. The highest BCUT2D eigenvalue weighted by Gasteiger charge is 2.10. The predicted molar refractivity (Wildman–Crippen MR) is 68.1 cm³/mol. The summed E-state index contributed by atoms with van der Waals surface area (Å²) in [5.41, 5.74) is 3.46. The minimum absolute atomic E-state index is 0.442. The SMILES string of the molecule is Cc1ccc(NCC(O)c2ccco2)c(C)c1. The summed E-state index contributed by atoms with van der Waals surface area (Å²) in [7, 11) is 0. The molecule has 1 atom stereocenters. The summed E-state index contributed by atoms with van der Waals surface area (Å²) in [6.07, 6.45) is 0.945. The third-order valence-electron chi connectivity index (χ3n) is 2.74. The Balaban J connectivity index is 1.98. The van der Waals surface area contributed by atoms with Crippen molar-refractivity contribution in [2.75, 3.05) is 11.9 Å². The number of anilines is 1. The van der Waals surface area contributed by atoms with Crippen molar-refractivity contribution in [2.45, 2.75) is 20.0 Å². The van der Waals surface area contributed by atoms with E-state index < -0.39 is 6.10 Å². The van der Waals surface area contributed by atoms with Crippen LogP contribution in [0.2, 0.25) is 0 Å². The van der Waals surface area contributed by atoms with Crippen molar-refractivity contribution >= 4 is 5.69 Å². The fourth-order valence-corrected chi connectivity index (χ4v) is 1.80. The van der Waals surface area contributed by atoms with E-state index in [-0.39, 0.29) is 0 Å². The molecule has 0 aliphatic carbocycles. The van der Waals surface area contributed by atoms with Gasteiger partial charge in [0.15, 0.2) is 0 Å². The first-order chi connectivity index (χ1) is 8.16. The summed E-state index contributed by atoms with van der Waals surface area (Å²) in [5, 5.41) is 13.1. The van der Waals surface area contributed by atoms with Crippen molar-refractivity contribution in [3.8, 4) is 0 Å². The molecule has 0 spiro atoms. The van der Waals surface area contributed by atoms with Crippen LogP contribution in [-0.2, 0) is 0 Å². The Kier molecular flexibility index (Phi) is 3.49. The van der Waals surface area contributed by atoms with Crippen molar-refractivity contribution < 1.29 is 9.52 Å². The number of aliphatic hydroxyl groups is 1. The van der Waals surface area contributed by atoms with Gasteiger partial charge in [0.05, 0.1) is 6.26 Å². The van der Waals surface area contributed by atoms with E-state index >= 15 is 0 Å². The molecule has 0 saturated heterocycles. The fraction of sp³-hybridized carbons (Fsp3) is 0.286. The second-order valence-corrected chi connectivity index (χ2v) is 4.23. The number of aryl methyl sites for hydroxylation is 2. The van der Waals surface area contributed by atoms with Gasteiger partial charge < -0.3 is 14.8 Å². The van der Waals surface area contributed by atoms with E-state index in [1.807, 2.05) is 6.07 Å². The van der Waals surface area contributed by atoms with Crippen LogP contribution in [0.15, 0.2) is 41.0 Å². The van der Waals surface area contributed by atoms with E-state index in [0.29, 0.717) is 12.3 Å². The molecule has 2 aromatic rings. The van der Waals surface area contributed by atoms with Gasteiger partial charge >= 0.3 is 0 Å².